The molecule has 0 aromatic carbocycles. The van der Waals surface area contributed by atoms with Gasteiger partial charge in [-0.1, -0.05) is 0 Å². The van der Waals surface area contributed by atoms with Crippen LogP contribution in [0.1, 0.15) is 23.5 Å². The van der Waals surface area contributed by atoms with E-state index in [4.69, 9.17) is 0 Å². The fourth-order valence-corrected chi connectivity index (χ4v) is 2.81. The third-order valence-electron chi connectivity index (χ3n) is 2.97. The topological polar surface area (TPSA) is 54.0 Å². The molecule has 5 heteroatoms. The van der Waals surface area contributed by atoms with Crippen molar-refractivity contribution in [3.8, 4) is 0 Å². The highest BCUT2D eigenvalue weighted by atomic mass is 32.1. The van der Waals surface area contributed by atoms with Gasteiger partial charge in [-0.2, -0.15) is 0 Å². The summed E-state index contributed by atoms with van der Waals surface area (Å²) in [7, 11) is 0. The Bertz CT molecular complexity index is 372. The number of nitrogens with zero attached hydrogens (tertiary/aromatic N) is 1. The number of nitrogens with one attached hydrogen (secondary N) is 2. The highest BCUT2D eigenvalue weighted by Gasteiger charge is 2.20. The van der Waals surface area contributed by atoms with E-state index >= 15 is 0 Å². The first kappa shape index (κ1) is 12.5. The van der Waals surface area contributed by atoms with Gasteiger partial charge in [-0.15, -0.1) is 11.3 Å². The highest BCUT2D eigenvalue weighted by molar-refractivity contribution is 7.09. The third-order valence-corrected chi connectivity index (χ3v) is 4.00. The molecule has 0 aliphatic carbocycles. The van der Waals surface area contributed by atoms with Crippen molar-refractivity contribution in [3.05, 3.63) is 16.1 Å². The van der Waals surface area contributed by atoms with Crippen LogP contribution in [0, 0.1) is 12.8 Å². The summed E-state index contributed by atoms with van der Waals surface area (Å²) in [5, 5.41) is 9.40. The summed E-state index contributed by atoms with van der Waals surface area (Å²) in [5.74, 6) is 0.340. The minimum Gasteiger partial charge on any atom is -0.355 e. The zero-order valence-electron chi connectivity index (χ0n) is 10.2. The molecule has 0 bridgehead atoms. The number of hydrogen-bond donors (Lipinski definition) is 2. The van der Waals surface area contributed by atoms with Crippen molar-refractivity contribution in [3.63, 3.8) is 0 Å². The normalized spacial score (nSPS) is 20.2. The minimum absolute atomic E-state index is 0.154. The molecule has 0 radical (unpaired) electrons. The lowest BCUT2D eigenvalue weighted by Gasteiger charge is -2.21. The number of thiazole rings is 1. The van der Waals surface area contributed by atoms with Crippen LogP contribution in [0.25, 0.3) is 0 Å². The molecule has 0 spiro atoms. The molecule has 17 heavy (non-hydrogen) atoms. The number of amides is 1. The number of carbonyl (C=O) groups excluding carboxylic acids is 1. The predicted octanol–water partition coefficient (Wildman–Crippen LogP) is 1.11. The number of aryl methyl sites for hydroxylation is 1. The maximum absolute atomic E-state index is 11.8. The van der Waals surface area contributed by atoms with Gasteiger partial charge in [-0.25, -0.2) is 4.98 Å². The quantitative estimate of drug-likeness (QED) is 0.845. The summed E-state index contributed by atoms with van der Waals surface area (Å²) < 4.78 is 0. The van der Waals surface area contributed by atoms with E-state index in [1.807, 2.05) is 12.3 Å². The molecule has 1 atom stereocenters. The lowest BCUT2D eigenvalue weighted by atomic mass is 9.99. The smallest absolute Gasteiger partial charge is 0.224 e. The first-order valence-corrected chi connectivity index (χ1v) is 7.03. The van der Waals surface area contributed by atoms with Crippen LogP contribution >= 0.6 is 11.3 Å². The van der Waals surface area contributed by atoms with Crippen molar-refractivity contribution in [2.24, 2.45) is 5.92 Å². The molecule has 0 unspecified atom stereocenters. The van der Waals surface area contributed by atoms with Crippen LogP contribution in [-0.2, 0) is 11.2 Å². The standard InChI is InChI=1S/C12H19N3OS/c1-9-8-17-11(15-9)4-6-14-12(16)10-3-2-5-13-7-10/h8,10,13H,2-7H2,1H3,(H,14,16)/t10-/m1/s1. The molecule has 94 valence electrons. The van der Waals surface area contributed by atoms with Crippen molar-refractivity contribution in [1.82, 2.24) is 15.6 Å². The van der Waals surface area contributed by atoms with Crippen molar-refractivity contribution in [1.29, 1.82) is 0 Å². The van der Waals surface area contributed by atoms with Crippen molar-refractivity contribution in [2.45, 2.75) is 26.2 Å². The molecule has 2 N–H and O–H groups in total. The average Bonchev–Trinajstić information content (AvgIpc) is 2.76. The summed E-state index contributed by atoms with van der Waals surface area (Å²) in [5.41, 5.74) is 1.06. The molecule has 1 aromatic heterocycles. The number of hydrogen-bond acceptors (Lipinski definition) is 4. The van der Waals surface area contributed by atoms with Gasteiger partial charge in [0, 0.05) is 30.6 Å². The second-order valence-corrected chi connectivity index (χ2v) is 5.41. The maximum atomic E-state index is 11.8. The number of rotatable bonds is 4. The Morgan fingerprint density at radius 1 is 1.71 bits per heavy atom. The largest absolute Gasteiger partial charge is 0.355 e. The molecule has 1 fully saturated rings. The van der Waals surface area contributed by atoms with E-state index in [9.17, 15) is 4.79 Å². The van der Waals surface area contributed by atoms with Gasteiger partial charge < -0.3 is 10.6 Å². The molecule has 1 amide bonds. The molecule has 0 saturated carbocycles. The van der Waals surface area contributed by atoms with Gasteiger partial charge in [-0.3, -0.25) is 4.79 Å². The molecule has 4 nitrogen and oxygen atoms in total. The lowest BCUT2D eigenvalue weighted by molar-refractivity contribution is -0.125. The number of carbonyl (C=O) groups is 1. The summed E-state index contributed by atoms with van der Waals surface area (Å²) in [6, 6.07) is 0. The Kier molecular flexibility index (Phi) is 4.50. The molecular weight excluding hydrogens is 234 g/mol. The molecule has 1 aromatic rings. The SMILES string of the molecule is Cc1csc(CCNC(=O)[C@@H]2CCCNC2)n1. The van der Waals surface area contributed by atoms with Gasteiger partial charge >= 0.3 is 0 Å². The lowest BCUT2D eigenvalue weighted by Crippen LogP contribution is -2.41. The summed E-state index contributed by atoms with van der Waals surface area (Å²) >= 11 is 1.66. The fraction of sp³-hybridized carbons (Fsp3) is 0.667. The summed E-state index contributed by atoms with van der Waals surface area (Å²) in [6.07, 6.45) is 2.95. The molecule has 1 saturated heterocycles. The van der Waals surface area contributed by atoms with Crippen LogP contribution in [0.5, 0.6) is 0 Å². The van der Waals surface area contributed by atoms with Crippen LogP contribution < -0.4 is 10.6 Å². The molecule has 1 aliphatic heterocycles. The summed E-state index contributed by atoms with van der Waals surface area (Å²) in [4.78, 5) is 16.2. The van der Waals surface area contributed by atoms with Crippen LogP contribution in [0.2, 0.25) is 0 Å². The van der Waals surface area contributed by atoms with E-state index in [0.717, 1.165) is 43.1 Å². The average molecular weight is 253 g/mol. The van der Waals surface area contributed by atoms with Gasteiger partial charge in [-0.05, 0) is 26.3 Å². The van der Waals surface area contributed by atoms with Gasteiger partial charge in [0.2, 0.25) is 5.91 Å². The van der Waals surface area contributed by atoms with Gasteiger partial charge in [0.25, 0.3) is 0 Å². The zero-order chi connectivity index (χ0) is 12.1. The van der Waals surface area contributed by atoms with Crippen LogP contribution in [0.3, 0.4) is 0 Å². The van der Waals surface area contributed by atoms with Gasteiger partial charge in [0.05, 0.1) is 10.9 Å². The fourth-order valence-electron chi connectivity index (χ4n) is 2.03. The van der Waals surface area contributed by atoms with E-state index in [0.29, 0.717) is 6.54 Å². The number of piperidine rings is 1. The first-order chi connectivity index (χ1) is 8.25. The third kappa shape index (κ3) is 3.78. The molecular formula is C12H19N3OS. The predicted molar refractivity (Wildman–Crippen MR) is 69.2 cm³/mol. The Balaban J connectivity index is 1.69. The second kappa shape index (κ2) is 6.12. The van der Waals surface area contributed by atoms with Crippen LogP contribution in [-0.4, -0.2) is 30.5 Å². The first-order valence-electron chi connectivity index (χ1n) is 6.15. The second-order valence-electron chi connectivity index (χ2n) is 4.47. The maximum Gasteiger partial charge on any atom is 0.224 e. The zero-order valence-corrected chi connectivity index (χ0v) is 11.0. The van der Waals surface area contributed by atoms with Crippen molar-refractivity contribution >= 4 is 17.2 Å². The Morgan fingerprint density at radius 2 is 2.59 bits per heavy atom. The van der Waals surface area contributed by atoms with E-state index in [2.05, 4.69) is 15.6 Å². The Hall–Kier alpha value is -0.940. The van der Waals surface area contributed by atoms with Crippen molar-refractivity contribution in [2.75, 3.05) is 19.6 Å². The van der Waals surface area contributed by atoms with Gasteiger partial charge in [0.1, 0.15) is 0 Å². The molecule has 2 heterocycles. The summed E-state index contributed by atoms with van der Waals surface area (Å²) in [6.45, 7) is 4.55. The van der Waals surface area contributed by atoms with E-state index in [1.54, 1.807) is 11.3 Å². The van der Waals surface area contributed by atoms with Crippen molar-refractivity contribution < 1.29 is 4.79 Å². The molecule has 1 aliphatic rings. The van der Waals surface area contributed by atoms with Crippen LogP contribution in [0.4, 0.5) is 0 Å². The minimum atomic E-state index is 0.154. The van der Waals surface area contributed by atoms with E-state index in [1.165, 1.54) is 0 Å². The Labute approximate surface area is 106 Å². The number of aromatic nitrogens is 1. The monoisotopic (exact) mass is 253 g/mol. The highest BCUT2D eigenvalue weighted by Crippen LogP contribution is 2.11. The molecule has 2 rings (SSSR count). The van der Waals surface area contributed by atoms with E-state index < -0.39 is 0 Å². The Morgan fingerprint density at radius 3 is 3.24 bits per heavy atom. The van der Waals surface area contributed by atoms with Gasteiger partial charge in [0.15, 0.2) is 0 Å². The van der Waals surface area contributed by atoms with Crippen LogP contribution in [0.15, 0.2) is 5.38 Å². The van der Waals surface area contributed by atoms with E-state index in [-0.39, 0.29) is 11.8 Å².